The van der Waals surface area contributed by atoms with E-state index in [1.165, 1.54) is 36.3 Å². The predicted molar refractivity (Wildman–Crippen MR) is 91.0 cm³/mol. The van der Waals surface area contributed by atoms with Crippen LogP contribution in [0.25, 0.3) is 0 Å². The van der Waals surface area contributed by atoms with Crippen molar-refractivity contribution in [2.45, 2.75) is 39.3 Å². The van der Waals surface area contributed by atoms with Crippen molar-refractivity contribution in [3.8, 4) is 0 Å². The summed E-state index contributed by atoms with van der Waals surface area (Å²) in [4.78, 5) is 2.56. The molecule has 1 saturated heterocycles. The average Bonchev–Trinajstić information content (AvgIpc) is 2.75. The largest absolute Gasteiger partial charge is 0.381 e. The second kappa shape index (κ2) is 6.53. The molecule has 3 rings (SSSR count). The first kappa shape index (κ1) is 15.1. The fourth-order valence-electron chi connectivity index (χ4n) is 3.36. The van der Waals surface area contributed by atoms with Crippen molar-refractivity contribution >= 4 is 5.69 Å². The highest BCUT2D eigenvalue weighted by molar-refractivity contribution is 5.43. The van der Waals surface area contributed by atoms with E-state index < -0.39 is 0 Å². The van der Waals surface area contributed by atoms with Crippen LogP contribution < -0.4 is 5.32 Å². The van der Waals surface area contributed by atoms with Crippen LogP contribution in [-0.4, -0.2) is 33.8 Å². The summed E-state index contributed by atoms with van der Waals surface area (Å²) < 4.78 is 1.99. The third-order valence-corrected chi connectivity index (χ3v) is 4.69. The highest BCUT2D eigenvalue weighted by atomic mass is 15.3. The number of hydrogen-bond donors (Lipinski definition) is 1. The summed E-state index contributed by atoms with van der Waals surface area (Å²) >= 11 is 0. The Morgan fingerprint density at radius 2 is 2.00 bits per heavy atom. The number of para-hydroxylation sites is 1. The quantitative estimate of drug-likeness (QED) is 0.941. The molecule has 0 aliphatic carbocycles. The van der Waals surface area contributed by atoms with Crippen molar-refractivity contribution in [2.24, 2.45) is 7.05 Å². The van der Waals surface area contributed by atoms with Crippen LogP contribution in [0.15, 0.2) is 30.3 Å². The Morgan fingerprint density at radius 1 is 1.23 bits per heavy atom. The first-order chi connectivity index (χ1) is 10.6. The second-order valence-corrected chi connectivity index (χ2v) is 6.36. The Labute approximate surface area is 133 Å². The summed E-state index contributed by atoms with van der Waals surface area (Å²) in [6.07, 6.45) is 2.50. The summed E-state index contributed by atoms with van der Waals surface area (Å²) in [5.41, 5.74) is 5.07. The van der Waals surface area contributed by atoms with E-state index in [9.17, 15) is 0 Å². The van der Waals surface area contributed by atoms with Gasteiger partial charge in [-0.15, -0.1) is 0 Å². The van der Waals surface area contributed by atoms with Crippen molar-refractivity contribution in [3.05, 3.63) is 47.3 Å². The van der Waals surface area contributed by atoms with E-state index in [1.54, 1.807) is 0 Å². The number of aromatic nitrogens is 2. The SMILES string of the molecule is Cc1nn(C)c(C)c1CN1CCC[C@@H](Nc2ccccc2)C1. The minimum Gasteiger partial charge on any atom is -0.381 e. The Kier molecular flexibility index (Phi) is 4.48. The van der Waals surface area contributed by atoms with Gasteiger partial charge in [-0.25, -0.2) is 0 Å². The van der Waals surface area contributed by atoms with Crippen LogP contribution >= 0.6 is 0 Å². The van der Waals surface area contributed by atoms with Gasteiger partial charge in [-0.2, -0.15) is 5.10 Å². The molecule has 1 atom stereocenters. The normalized spacial score (nSPS) is 19.3. The summed E-state index contributed by atoms with van der Waals surface area (Å²) in [5.74, 6) is 0. The summed E-state index contributed by atoms with van der Waals surface area (Å²) in [6, 6.07) is 11.1. The molecule has 4 nitrogen and oxygen atoms in total. The molecule has 1 N–H and O–H groups in total. The molecule has 118 valence electrons. The molecule has 1 aliphatic rings. The molecule has 0 unspecified atom stereocenters. The first-order valence-corrected chi connectivity index (χ1v) is 8.16. The molecular formula is C18H26N4. The summed E-state index contributed by atoms with van der Waals surface area (Å²) in [6.45, 7) is 7.58. The predicted octanol–water partition coefficient (Wildman–Crippen LogP) is 3.11. The number of hydrogen-bond acceptors (Lipinski definition) is 3. The van der Waals surface area contributed by atoms with Crippen LogP contribution in [0.3, 0.4) is 0 Å². The zero-order valence-corrected chi connectivity index (χ0v) is 13.8. The number of benzene rings is 1. The molecule has 4 heteroatoms. The molecule has 0 radical (unpaired) electrons. The van der Waals surface area contributed by atoms with E-state index in [0.29, 0.717) is 6.04 Å². The molecule has 1 aromatic carbocycles. The van der Waals surface area contributed by atoms with Gasteiger partial charge in [0, 0.05) is 43.1 Å². The third-order valence-electron chi connectivity index (χ3n) is 4.69. The van der Waals surface area contributed by atoms with Crippen molar-refractivity contribution in [3.63, 3.8) is 0 Å². The lowest BCUT2D eigenvalue weighted by molar-refractivity contribution is 0.208. The first-order valence-electron chi connectivity index (χ1n) is 8.16. The minimum absolute atomic E-state index is 0.536. The van der Waals surface area contributed by atoms with Crippen LogP contribution in [0.4, 0.5) is 5.69 Å². The number of aryl methyl sites for hydroxylation is 2. The van der Waals surface area contributed by atoms with Crippen LogP contribution in [0.5, 0.6) is 0 Å². The molecule has 0 bridgehead atoms. The van der Waals surface area contributed by atoms with Crippen LogP contribution in [0.2, 0.25) is 0 Å². The zero-order valence-electron chi connectivity index (χ0n) is 13.8. The van der Waals surface area contributed by atoms with Gasteiger partial charge in [0.2, 0.25) is 0 Å². The number of nitrogens with zero attached hydrogens (tertiary/aromatic N) is 3. The Bertz CT molecular complexity index is 618. The van der Waals surface area contributed by atoms with Gasteiger partial charge in [0.1, 0.15) is 0 Å². The number of nitrogens with one attached hydrogen (secondary N) is 1. The molecule has 22 heavy (non-hydrogen) atoms. The van der Waals surface area contributed by atoms with Crippen molar-refractivity contribution in [1.82, 2.24) is 14.7 Å². The van der Waals surface area contributed by atoms with E-state index in [-0.39, 0.29) is 0 Å². The topological polar surface area (TPSA) is 33.1 Å². The van der Waals surface area contributed by atoms with Crippen molar-refractivity contribution in [1.29, 1.82) is 0 Å². The summed E-state index contributed by atoms with van der Waals surface area (Å²) in [7, 11) is 2.03. The van der Waals surface area contributed by atoms with Crippen LogP contribution in [0.1, 0.15) is 29.8 Å². The zero-order chi connectivity index (χ0) is 15.5. The van der Waals surface area contributed by atoms with E-state index in [1.807, 2.05) is 11.7 Å². The maximum atomic E-state index is 4.54. The van der Waals surface area contributed by atoms with E-state index in [2.05, 4.69) is 59.5 Å². The van der Waals surface area contributed by atoms with Crippen LogP contribution in [0, 0.1) is 13.8 Å². The van der Waals surface area contributed by atoms with Crippen molar-refractivity contribution < 1.29 is 0 Å². The molecular weight excluding hydrogens is 272 g/mol. The molecule has 0 saturated carbocycles. The van der Waals surface area contributed by atoms with Crippen LogP contribution in [-0.2, 0) is 13.6 Å². The van der Waals surface area contributed by atoms with Gasteiger partial charge >= 0.3 is 0 Å². The minimum atomic E-state index is 0.536. The number of anilines is 1. The Balaban J connectivity index is 1.63. The molecule has 1 aromatic heterocycles. The summed E-state index contributed by atoms with van der Waals surface area (Å²) in [5, 5.41) is 8.21. The Morgan fingerprint density at radius 3 is 2.68 bits per heavy atom. The standard InChI is InChI=1S/C18H26N4/c1-14-18(15(2)21(3)20-14)13-22-11-7-10-17(12-22)19-16-8-5-4-6-9-16/h4-6,8-9,17,19H,7,10-13H2,1-3H3/t17-/m1/s1. The number of piperidine rings is 1. The highest BCUT2D eigenvalue weighted by Gasteiger charge is 2.21. The van der Waals surface area contributed by atoms with Gasteiger partial charge in [0.15, 0.2) is 0 Å². The van der Waals surface area contributed by atoms with E-state index >= 15 is 0 Å². The average molecular weight is 298 g/mol. The van der Waals surface area contributed by atoms with E-state index in [4.69, 9.17) is 0 Å². The lowest BCUT2D eigenvalue weighted by Crippen LogP contribution is -2.41. The monoisotopic (exact) mass is 298 g/mol. The molecule has 0 spiro atoms. The molecule has 1 fully saturated rings. The second-order valence-electron chi connectivity index (χ2n) is 6.36. The maximum absolute atomic E-state index is 4.54. The van der Waals surface area contributed by atoms with Gasteiger partial charge in [0.05, 0.1) is 5.69 Å². The fourth-order valence-corrected chi connectivity index (χ4v) is 3.36. The van der Waals surface area contributed by atoms with Gasteiger partial charge in [0.25, 0.3) is 0 Å². The maximum Gasteiger partial charge on any atom is 0.0641 e. The van der Waals surface area contributed by atoms with Gasteiger partial charge in [-0.3, -0.25) is 9.58 Å². The molecule has 2 aromatic rings. The van der Waals surface area contributed by atoms with Gasteiger partial charge in [-0.05, 0) is 45.4 Å². The Hall–Kier alpha value is -1.81. The molecule has 0 amide bonds. The van der Waals surface area contributed by atoms with E-state index in [0.717, 1.165) is 18.8 Å². The lowest BCUT2D eigenvalue weighted by Gasteiger charge is -2.33. The van der Waals surface area contributed by atoms with Gasteiger partial charge in [-0.1, -0.05) is 18.2 Å². The molecule has 1 aliphatic heterocycles. The fraction of sp³-hybridized carbons (Fsp3) is 0.500. The highest BCUT2D eigenvalue weighted by Crippen LogP contribution is 2.20. The lowest BCUT2D eigenvalue weighted by atomic mass is 10.0. The smallest absolute Gasteiger partial charge is 0.0641 e. The third kappa shape index (κ3) is 3.33. The molecule has 2 heterocycles. The van der Waals surface area contributed by atoms with Gasteiger partial charge < -0.3 is 5.32 Å². The van der Waals surface area contributed by atoms with Crippen molar-refractivity contribution in [2.75, 3.05) is 18.4 Å². The number of likely N-dealkylation sites (tertiary alicyclic amines) is 1. The number of rotatable bonds is 4.